The number of hydrogen-bond acceptors (Lipinski definition) is 5. The molecule has 0 saturated carbocycles. The molecule has 0 amide bonds. The Hall–Kier alpha value is -3.56. The second-order valence-electron chi connectivity index (χ2n) is 10.7. The number of ether oxygens (including phenoxy) is 2. The van der Waals surface area contributed by atoms with Crippen LogP contribution < -0.4 is 9.46 Å². The van der Waals surface area contributed by atoms with Crippen molar-refractivity contribution in [3.05, 3.63) is 83.1 Å². The van der Waals surface area contributed by atoms with Gasteiger partial charge in [-0.2, -0.15) is 0 Å². The summed E-state index contributed by atoms with van der Waals surface area (Å²) in [5.41, 5.74) is 4.84. The van der Waals surface area contributed by atoms with Crippen molar-refractivity contribution in [3.8, 4) is 16.9 Å². The summed E-state index contributed by atoms with van der Waals surface area (Å²) < 4.78 is 44.0. The lowest BCUT2D eigenvalue weighted by Crippen LogP contribution is -2.33. The van der Waals surface area contributed by atoms with Gasteiger partial charge in [-0.15, -0.1) is 0 Å². The summed E-state index contributed by atoms with van der Waals surface area (Å²) in [7, 11) is 0.584. The highest BCUT2D eigenvalue weighted by Crippen LogP contribution is 2.34. The van der Waals surface area contributed by atoms with Crippen LogP contribution >= 0.6 is 0 Å². The summed E-state index contributed by atoms with van der Waals surface area (Å²) in [6.45, 7) is 9.88. The molecule has 1 N–H and O–H groups in total. The number of nitrogens with zero attached hydrogens (tertiary/aromatic N) is 2. The molecule has 0 aliphatic rings. The van der Waals surface area contributed by atoms with Crippen LogP contribution in [0.15, 0.2) is 54.9 Å². The van der Waals surface area contributed by atoms with Crippen LogP contribution in [0.1, 0.15) is 50.1 Å². The Balaban J connectivity index is 1.66. The van der Waals surface area contributed by atoms with Gasteiger partial charge in [0.1, 0.15) is 12.4 Å². The molecular formula is C31H36FN3O4S. The molecule has 1 atom stereocenters. The molecule has 1 unspecified atom stereocenters. The third kappa shape index (κ3) is 6.77. The first-order valence-corrected chi connectivity index (χ1v) is 14.4. The molecule has 212 valence electrons. The fourth-order valence-electron chi connectivity index (χ4n) is 4.38. The van der Waals surface area contributed by atoms with Crippen molar-refractivity contribution >= 4 is 27.9 Å². The number of halogens is 1. The van der Waals surface area contributed by atoms with Gasteiger partial charge >= 0.3 is 5.97 Å². The summed E-state index contributed by atoms with van der Waals surface area (Å²) in [5, 5.41) is 0.895. The highest BCUT2D eigenvalue weighted by atomic mass is 32.2. The molecule has 0 saturated heterocycles. The van der Waals surface area contributed by atoms with Crippen LogP contribution in [0.5, 0.6) is 5.75 Å². The number of esters is 1. The van der Waals surface area contributed by atoms with Crippen LogP contribution in [0.4, 0.5) is 4.39 Å². The zero-order valence-electron chi connectivity index (χ0n) is 23.8. The smallest absolute Gasteiger partial charge is 0.310 e. The van der Waals surface area contributed by atoms with E-state index in [-0.39, 0.29) is 31.2 Å². The van der Waals surface area contributed by atoms with E-state index in [1.165, 1.54) is 0 Å². The maximum Gasteiger partial charge on any atom is 0.310 e. The van der Waals surface area contributed by atoms with Crippen LogP contribution in [0.2, 0.25) is 0 Å². The molecule has 4 rings (SSSR count). The van der Waals surface area contributed by atoms with Crippen LogP contribution in [-0.4, -0.2) is 31.1 Å². The molecule has 2 aromatic carbocycles. The van der Waals surface area contributed by atoms with Gasteiger partial charge in [0.2, 0.25) is 0 Å². The lowest BCUT2D eigenvalue weighted by atomic mass is 9.98. The maximum atomic E-state index is 15.8. The number of aromatic nitrogens is 2. The molecule has 2 aromatic heterocycles. The largest absolute Gasteiger partial charge is 0.489 e. The highest BCUT2D eigenvalue weighted by Gasteiger charge is 2.21. The Morgan fingerprint density at radius 2 is 1.90 bits per heavy atom. The Kier molecular flexibility index (Phi) is 9.05. The summed E-state index contributed by atoms with van der Waals surface area (Å²) in [4.78, 5) is 16.3. The third-order valence-electron chi connectivity index (χ3n) is 6.50. The minimum absolute atomic E-state index is 0.0425. The molecule has 2 heterocycles. The van der Waals surface area contributed by atoms with E-state index >= 15 is 4.39 Å². The van der Waals surface area contributed by atoms with Gasteiger partial charge in [-0.05, 0) is 81.6 Å². The zero-order chi connectivity index (χ0) is 29.0. The standard InChI is InChI=1S/C31H36FN3O4S/c1-7-38-29(36)17-22-9-8-20(2)14-28(22)39-19-21-15-25(23-11-13-35(6)27(23)16-21)24-10-12-33-26(30(24)32)18-34-40(37)31(3,4)5/h8-16,34H,7,17-19H2,1-6H3. The lowest BCUT2D eigenvalue weighted by molar-refractivity contribution is -0.142. The Morgan fingerprint density at radius 3 is 2.62 bits per heavy atom. The topological polar surface area (TPSA) is 82.5 Å². The minimum Gasteiger partial charge on any atom is -0.489 e. The molecule has 0 bridgehead atoms. The second kappa shape index (κ2) is 12.3. The van der Waals surface area contributed by atoms with Crippen LogP contribution in [0.25, 0.3) is 22.0 Å². The lowest BCUT2D eigenvalue weighted by Gasteiger charge is -2.18. The molecule has 7 nitrogen and oxygen atoms in total. The molecule has 0 aliphatic carbocycles. The summed E-state index contributed by atoms with van der Waals surface area (Å²) in [6, 6.07) is 13.3. The molecule has 0 spiro atoms. The van der Waals surface area contributed by atoms with Crippen molar-refractivity contribution in [1.29, 1.82) is 0 Å². The number of carbonyl (C=O) groups excluding carboxylic acids is 1. The van der Waals surface area contributed by atoms with E-state index in [0.29, 0.717) is 23.5 Å². The second-order valence-corrected chi connectivity index (χ2v) is 12.8. The van der Waals surface area contributed by atoms with Gasteiger partial charge in [-0.25, -0.2) is 13.3 Å². The molecule has 0 aliphatic heterocycles. The van der Waals surface area contributed by atoms with Crippen LogP contribution in [0.3, 0.4) is 0 Å². The summed E-state index contributed by atoms with van der Waals surface area (Å²) in [6.07, 6.45) is 3.62. The van der Waals surface area contributed by atoms with E-state index in [9.17, 15) is 9.00 Å². The quantitative estimate of drug-likeness (QED) is 0.241. The van der Waals surface area contributed by atoms with Gasteiger partial charge in [0.05, 0.1) is 41.0 Å². The first kappa shape index (κ1) is 29.4. The Bertz CT molecular complexity index is 1560. The van der Waals surface area contributed by atoms with E-state index < -0.39 is 21.5 Å². The van der Waals surface area contributed by atoms with Gasteiger partial charge < -0.3 is 14.0 Å². The number of benzene rings is 2. The normalized spacial score (nSPS) is 12.5. The van der Waals surface area contributed by atoms with E-state index in [1.807, 2.05) is 81.9 Å². The number of aryl methyl sites for hydroxylation is 2. The average Bonchev–Trinajstić information content (AvgIpc) is 3.27. The highest BCUT2D eigenvalue weighted by molar-refractivity contribution is 7.84. The van der Waals surface area contributed by atoms with Crippen molar-refractivity contribution in [2.75, 3.05) is 6.61 Å². The van der Waals surface area contributed by atoms with Crippen molar-refractivity contribution in [2.45, 2.75) is 58.9 Å². The molecule has 4 aromatic rings. The minimum atomic E-state index is -1.36. The molecular weight excluding hydrogens is 529 g/mol. The summed E-state index contributed by atoms with van der Waals surface area (Å²) in [5.74, 6) is -0.162. The van der Waals surface area contributed by atoms with E-state index in [1.54, 1.807) is 19.2 Å². The number of carbonyl (C=O) groups is 1. The third-order valence-corrected chi connectivity index (χ3v) is 8.02. The fourth-order valence-corrected chi connectivity index (χ4v) is 5.08. The number of pyridine rings is 1. The monoisotopic (exact) mass is 565 g/mol. The van der Waals surface area contributed by atoms with Gasteiger partial charge in [-0.3, -0.25) is 9.78 Å². The van der Waals surface area contributed by atoms with Crippen LogP contribution in [-0.2, 0) is 47.1 Å². The fraction of sp³-hybridized carbons (Fsp3) is 0.355. The van der Waals surface area contributed by atoms with Gasteiger partial charge in [0, 0.05) is 41.5 Å². The van der Waals surface area contributed by atoms with E-state index in [2.05, 4.69) is 9.71 Å². The first-order chi connectivity index (χ1) is 19.0. The van der Waals surface area contributed by atoms with Gasteiger partial charge in [-0.1, -0.05) is 12.1 Å². The number of hydrogen-bond donors (Lipinski definition) is 1. The number of rotatable bonds is 10. The van der Waals surface area contributed by atoms with Crippen molar-refractivity contribution in [3.63, 3.8) is 0 Å². The maximum absolute atomic E-state index is 15.8. The number of fused-ring (bicyclic) bond motifs is 1. The molecule has 0 fully saturated rings. The van der Waals surface area contributed by atoms with Crippen molar-refractivity contribution in [1.82, 2.24) is 14.3 Å². The van der Waals surface area contributed by atoms with E-state index in [4.69, 9.17) is 9.47 Å². The van der Waals surface area contributed by atoms with E-state index in [0.717, 1.165) is 27.6 Å². The summed E-state index contributed by atoms with van der Waals surface area (Å²) >= 11 is 0. The predicted molar refractivity (Wildman–Crippen MR) is 157 cm³/mol. The van der Waals surface area contributed by atoms with Crippen molar-refractivity contribution in [2.24, 2.45) is 7.05 Å². The van der Waals surface area contributed by atoms with Crippen molar-refractivity contribution < 1.29 is 22.9 Å². The predicted octanol–water partition coefficient (Wildman–Crippen LogP) is 5.92. The molecule has 40 heavy (non-hydrogen) atoms. The Morgan fingerprint density at radius 1 is 1.12 bits per heavy atom. The SMILES string of the molecule is CCOC(=O)Cc1ccc(C)cc1OCc1cc(-c2ccnc(CNS(=O)C(C)(C)C)c2F)c2ccn(C)c2c1. The van der Waals surface area contributed by atoms with Gasteiger partial charge in [0.15, 0.2) is 5.82 Å². The van der Waals surface area contributed by atoms with Gasteiger partial charge in [0.25, 0.3) is 0 Å². The molecule has 0 radical (unpaired) electrons. The van der Waals surface area contributed by atoms with Crippen LogP contribution in [0, 0.1) is 12.7 Å². The average molecular weight is 566 g/mol. The Labute approximate surface area is 237 Å². The first-order valence-electron chi connectivity index (χ1n) is 13.2. The molecule has 9 heteroatoms. The number of nitrogens with one attached hydrogen (secondary N) is 1. The zero-order valence-corrected chi connectivity index (χ0v) is 24.7.